The average Bonchev–Trinajstić information content (AvgIpc) is 3.50. The zero-order chi connectivity index (χ0) is 29.6. The van der Waals surface area contributed by atoms with E-state index in [-0.39, 0.29) is 24.7 Å². The van der Waals surface area contributed by atoms with Crippen molar-refractivity contribution in [3.63, 3.8) is 0 Å². The summed E-state index contributed by atoms with van der Waals surface area (Å²) in [6.45, 7) is 0.666. The van der Waals surface area contributed by atoms with Gasteiger partial charge in [-0.25, -0.2) is 4.39 Å². The molecule has 1 saturated heterocycles. The summed E-state index contributed by atoms with van der Waals surface area (Å²) >= 11 is 0. The minimum Gasteiger partial charge on any atom is -0.338 e. The predicted octanol–water partition coefficient (Wildman–Crippen LogP) is 5.14. The fourth-order valence-corrected chi connectivity index (χ4v) is 6.30. The number of guanidine groups is 1. The summed E-state index contributed by atoms with van der Waals surface area (Å²) < 4.78 is 53.0. The minimum absolute atomic E-state index is 0.212. The molecular formula is C30H28F4N6O2. The van der Waals surface area contributed by atoms with Crippen molar-refractivity contribution in [3.8, 4) is 0 Å². The first-order chi connectivity index (χ1) is 20.1. The van der Waals surface area contributed by atoms with Crippen molar-refractivity contribution in [2.45, 2.75) is 69.4 Å². The largest absolute Gasteiger partial charge is 0.389 e. The Kier molecular flexibility index (Phi) is 6.94. The number of carbonyl (C=O) groups excluding carboxylic acids is 2. The second kappa shape index (κ2) is 10.5. The van der Waals surface area contributed by atoms with Gasteiger partial charge in [0.2, 0.25) is 0 Å². The second-order valence-corrected chi connectivity index (χ2v) is 11.0. The van der Waals surface area contributed by atoms with Gasteiger partial charge in [-0.05, 0) is 73.1 Å². The SMILES string of the molecule is N=C1N[C@](CCCC(F)(F)F)(c2ccc(F)cc2)C(=O)N1[C@@H]1CCCc2ccc(C(=O)N3Cc4nccnc4C3)cc21. The number of rotatable bonds is 6. The highest BCUT2D eigenvalue weighted by molar-refractivity contribution is 6.08. The second-order valence-electron chi connectivity index (χ2n) is 11.0. The molecule has 1 fully saturated rings. The highest BCUT2D eigenvalue weighted by atomic mass is 19.4. The van der Waals surface area contributed by atoms with Gasteiger partial charge in [-0.2, -0.15) is 13.2 Å². The Morgan fingerprint density at radius 3 is 2.43 bits per heavy atom. The van der Waals surface area contributed by atoms with Crippen molar-refractivity contribution in [3.05, 3.63) is 94.3 Å². The molecule has 8 nitrogen and oxygen atoms in total. The van der Waals surface area contributed by atoms with Gasteiger partial charge in [0.1, 0.15) is 11.4 Å². The van der Waals surface area contributed by atoms with Gasteiger partial charge in [-0.3, -0.25) is 29.9 Å². The third-order valence-corrected chi connectivity index (χ3v) is 8.32. The van der Waals surface area contributed by atoms with Crippen molar-refractivity contribution in [2.24, 2.45) is 0 Å². The summed E-state index contributed by atoms with van der Waals surface area (Å²) in [5.74, 6) is -1.57. The van der Waals surface area contributed by atoms with E-state index in [0.717, 1.165) is 47.5 Å². The number of alkyl halides is 3. The maximum atomic E-state index is 14.2. The fraction of sp³-hybridized carbons (Fsp3) is 0.367. The zero-order valence-corrected chi connectivity index (χ0v) is 22.5. The van der Waals surface area contributed by atoms with Crippen LogP contribution >= 0.6 is 0 Å². The standard InChI is InChI=1S/C30H28F4N6O2/c31-21-9-7-20(8-10-21)29(11-2-12-30(32,33)34)27(42)40(28(35)38-29)25-4-1-3-18-5-6-19(15-22(18)25)26(41)39-16-23-24(17-39)37-14-13-36-23/h5-10,13-15,25H,1-4,11-12,16-17H2,(H2,35,38)/t25-,29-/m1/s1. The average molecular weight is 581 g/mol. The van der Waals surface area contributed by atoms with Crippen molar-refractivity contribution >= 4 is 17.8 Å². The maximum Gasteiger partial charge on any atom is 0.389 e. The normalized spacial score (nSPS) is 21.8. The summed E-state index contributed by atoms with van der Waals surface area (Å²) in [7, 11) is 0. The number of aryl methyl sites for hydroxylation is 1. The molecule has 3 aromatic rings. The molecule has 0 saturated carbocycles. The van der Waals surface area contributed by atoms with Crippen LogP contribution in [0.2, 0.25) is 0 Å². The summed E-state index contributed by atoms with van der Waals surface area (Å²) in [6.07, 6.45) is -0.976. The molecule has 2 N–H and O–H groups in total. The number of carbonyl (C=O) groups is 2. The molecule has 3 aliphatic rings. The van der Waals surface area contributed by atoms with Gasteiger partial charge < -0.3 is 10.2 Å². The van der Waals surface area contributed by atoms with Crippen LogP contribution in [-0.2, 0) is 29.8 Å². The Morgan fingerprint density at radius 1 is 1.07 bits per heavy atom. The molecule has 12 heteroatoms. The lowest BCUT2D eigenvalue weighted by atomic mass is 9.82. The van der Waals surface area contributed by atoms with Crippen molar-refractivity contribution in [1.29, 1.82) is 5.41 Å². The van der Waals surface area contributed by atoms with Crippen LogP contribution in [-0.4, -0.2) is 43.7 Å². The molecule has 1 aromatic heterocycles. The molecule has 0 radical (unpaired) electrons. The van der Waals surface area contributed by atoms with E-state index in [0.29, 0.717) is 30.6 Å². The number of fused-ring (bicyclic) bond motifs is 2. The van der Waals surface area contributed by atoms with Crippen LogP contribution in [0.15, 0.2) is 54.9 Å². The summed E-state index contributed by atoms with van der Waals surface area (Å²) in [6, 6.07) is 9.81. The molecule has 42 heavy (non-hydrogen) atoms. The third kappa shape index (κ3) is 4.99. The molecule has 2 amide bonds. The van der Waals surface area contributed by atoms with E-state index in [4.69, 9.17) is 5.41 Å². The quantitative estimate of drug-likeness (QED) is 0.393. The maximum absolute atomic E-state index is 14.2. The van der Waals surface area contributed by atoms with Crippen LogP contribution in [0.3, 0.4) is 0 Å². The lowest BCUT2D eigenvalue weighted by Crippen LogP contribution is -2.44. The van der Waals surface area contributed by atoms with Crippen LogP contribution in [0, 0.1) is 11.2 Å². The Morgan fingerprint density at radius 2 is 1.76 bits per heavy atom. The van der Waals surface area contributed by atoms with Gasteiger partial charge in [-0.1, -0.05) is 18.2 Å². The molecule has 218 valence electrons. The fourth-order valence-electron chi connectivity index (χ4n) is 6.30. The molecule has 0 spiro atoms. The van der Waals surface area contributed by atoms with E-state index >= 15 is 0 Å². The Hall–Kier alpha value is -4.35. The molecule has 2 atom stereocenters. The van der Waals surface area contributed by atoms with E-state index in [1.165, 1.54) is 17.0 Å². The monoisotopic (exact) mass is 580 g/mol. The Labute approximate surface area is 239 Å². The molecule has 1 aliphatic carbocycles. The van der Waals surface area contributed by atoms with Crippen molar-refractivity contribution in [1.82, 2.24) is 25.1 Å². The number of halogens is 4. The lowest BCUT2D eigenvalue weighted by Gasteiger charge is -2.34. The summed E-state index contributed by atoms with van der Waals surface area (Å²) in [5.41, 5.74) is 2.22. The lowest BCUT2D eigenvalue weighted by molar-refractivity contribution is -0.140. The zero-order valence-electron chi connectivity index (χ0n) is 22.5. The Bertz CT molecular complexity index is 1540. The van der Waals surface area contributed by atoms with Crippen molar-refractivity contribution < 1.29 is 27.2 Å². The van der Waals surface area contributed by atoms with Crippen molar-refractivity contribution in [2.75, 3.05) is 0 Å². The first-order valence-corrected chi connectivity index (χ1v) is 13.8. The topological polar surface area (TPSA) is 102 Å². The molecular weight excluding hydrogens is 552 g/mol. The van der Waals surface area contributed by atoms with E-state index in [1.54, 1.807) is 29.4 Å². The molecule has 2 aromatic carbocycles. The van der Waals surface area contributed by atoms with Gasteiger partial charge in [0.15, 0.2) is 5.96 Å². The van der Waals surface area contributed by atoms with Crippen LogP contribution in [0.1, 0.15) is 76.6 Å². The number of aromatic nitrogens is 2. The van der Waals surface area contributed by atoms with Gasteiger partial charge in [0.25, 0.3) is 11.8 Å². The smallest absolute Gasteiger partial charge is 0.338 e. The first kappa shape index (κ1) is 27.8. The number of nitrogens with zero attached hydrogens (tertiary/aromatic N) is 4. The van der Waals surface area contributed by atoms with E-state index < -0.39 is 35.9 Å². The van der Waals surface area contributed by atoms with Gasteiger partial charge in [0, 0.05) is 24.4 Å². The van der Waals surface area contributed by atoms with Crippen LogP contribution in [0.4, 0.5) is 17.6 Å². The third-order valence-electron chi connectivity index (χ3n) is 8.32. The molecule has 2 aliphatic heterocycles. The van der Waals surface area contributed by atoms with Gasteiger partial charge in [0.05, 0.1) is 30.5 Å². The predicted molar refractivity (Wildman–Crippen MR) is 143 cm³/mol. The number of amides is 2. The van der Waals surface area contributed by atoms with Gasteiger partial charge >= 0.3 is 6.18 Å². The van der Waals surface area contributed by atoms with E-state index in [2.05, 4.69) is 15.3 Å². The van der Waals surface area contributed by atoms with E-state index in [9.17, 15) is 27.2 Å². The number of hydrogen-bond acceptors (Lipinski definition) is 5. The van der Waals surface area contributed by atoms with E-state index in [1.807, 2.05) is 6.07 Å². The number of hydrogen-bond donors (Lipinski definition) is 2. The van der Waals surface area contributed by atoms with Crippen LogP contribution in [0.5, 0.6) is 0 Å². The highest BCUT2D eigenvalue weighted by Gasteiger charge is 2.53. The highest BCUT2D eigenvalue weighted by Crippen LogP contribution is 2.43. The first-order valence-electron chi connectivity index (χ1n) is 13.8. The summed E-state index contributed by atoms with van der Waals surface area (Å²) in [5, 5.41) is 11.7. The van der Waals surface area contributed by atoms with Crippen LogP contribution < -0.4 is 5.32 Å². The molecule has 3 heterocycles. The minimum atomic E-state index is -4.41. The summed E-state index contributed by atoms with van der Waals surface area (Å²) in [4.78, 5) is 39.2. The van der Waals surface area contributed by atoms with Gasteiger partial charge in [-0.15, -0.1) is 0 Å². The molecule has 0 unspecified atom stereocenters. The molecule has 0 bridgehead atoms. The Balaban J connectivity index is 1.31. The van der Waals surface area contributed by atoms with Crippen LogP contribution in [0.25, 0.3) is 0 Å². The number of benzene rings is 2. The molecule has 6 rings (SSSR count). The number of nitrogens with one attached hydrogen (secondary N) is 2.